The van der Waals surface area contributed by atoms with Gasteiger partial charge < -0.3 is 39.5 Å². The van der Waals surface area contributed by atoms with Crippen LogP contribution in [0, 0.1) is 6.92 Å². The number of hydrogen-bond acceptors (Lipinski definition) is 9. The Kier molecular flexibility index (Phi) is 12.9. The molecule has 1 aromatic heterocycles. The van der Waals surface area contributed by atoms with Crippen molar-refractivity contribution >= 4 is 40.6 Å². The first kappa shape index (κ1) is 36.8. The van der Waals surface area contributed by atoms with Crippen molar-refractivity contribution in [2.75, 3.05) is 59.2 Å². The van der Waals surface area contributed by atoms with Gasteiger partial charge in [0.25, 0.3) is 11.8 Å². The number of likely N-dealkylation sites (tertiary alicyclic amines) is 1. The molecule has 1 aliphatic carbocycles. The third-order valence-electron chi connectivity index (χ3n) is 9.50. The smallest absolute Gasteiger partial charge is 0.409 e. The van der Waals surface area contributed by atoms with Crippen LogP contribution in [0.25, 0.3) is 10.9 Å². The number of rotatable bonds is 14. The summed E-state index contributed by atoms with van der Waals surface area (Å²) in [6.07, 6.45) is 5.70. The number of pyridine rings is 1. The lowest BCUT2D eigenvalue weighted by Gasteiger charge is -2.36. The topological polar surface area (TPSA) is 160 Å². The molecule has 2 atom stereocenters. The molecule has 2 N–H and O–H groups in total. The largest absolute Gasteiger partial charge is 0.483 e. The SMILES string of the molecule is CCCCOC(=O)N1CCN(C(=O)[C@H](COCC)NC(=O)c2cc(OCC(=O)N3CCC[C@H]3C(=O)NC3CCC3)c3ccc(C)cc3n2)CC1. The third-order valence-corrected chi connectivity index (χ3v) is 9.50. The molecule has 1 saturated carbocycles. The monoisotopic (exact) mass is 694 g/mol. The molecule has 14 nitrogen and oxygen atoms in total. The Bertz CT molecular complexity index is 1540. The van der Waals surface area contributed by atoms with Crippen molar-refractivity contribution in [2.45, 2.75) is 83.8 Å². The predicted octanol–water partition coefficient (Wildman–Crippen LogP) is 2.80. The number of benzene rings is 1. The highest BCUT2D eigenvalue weighted by Gasteiger charge is 2.36. The predicted molar refractivity (Wildman–Crippen MR) is 185 cm³/mol. The van der Waals surface area contributed by atoms with Crippen LogP contribution in [0.3, 0.4) is 0 Å². The molecular formula is C36H50N6O8. The zero-order valence-electron chi connectivity index (χ0n) is 29.4. The number of hydrogen-bond donors (Lipinski definition) is 2. The maximum Gasteiger partial charge on any atom is 0.409 e. The number of fused-ring (bicyclic) bond motifs is 1. The van der Waals surface area contributed by atoms with E-state index in [0.717, 1.165) is 44.1 Å². The molecule has 0 bridgehead atoms. The second-order valence-electron chi connectivity index (χ2n) is 13.2. The van der Waals surface area contributed by atoms with Crippen LogP contribution in [0.1, 0.15) is 74.8 Å². The standard InChI is InChI=1S/C36H50N6O8/c1-4-6-19-49-36(47)41-17-15-40(16-18-41)35(46)29(22-48-5-2)39-33(44)28-21-31(26-13-12-24(3)20-27(26)38-28)50-23-32(43)42-14-8-11-30(42)34(45)37-25-9-7-10-25/h12-13,20-21,25,29-30H,4-11,14-19,22-23H2,1-3H3,(H,37,45)(H,39,44)/t29-,30-/m0/s1. The molecule has 272 valence electrons. The Balaban J connectivity index is 1.25. The summed E-state index contributed by atoms with van der Waals surface area (Å²) in [5.74, 6) is -1.07. The Morgan fingerprint density at radius 3 is 2.42 bits per heavy atom. The normalized spacial score (nSPS) is 18.4. The van der Waals surface area contributed by atoms with E-state index in [1.165, 1.54) is 6.07 Å². The molecule has 5 rings (SSSR count). The Hall–Kier alpha value is -4.46. The maximum atomic E-state index is 13.7. The van der Waals surface area contributed by atoms with Crippen molar-refractivity contribution in [1.29, 1.82) is 0 Å². The van der Waals surface area contributed by atoms with E-state index in [2.05, 4.69) is 15.6 Å². The highest BCUT2D eigenvalue weighted by Crippen LogP contribution is 2.28. The van der Waals surface area contributed by atoms with E-state index >= 15 is 0 Å². The van der Waals surface area contributed by atoms with Gasteiger partial charge in [0, 0.05) is 56.8 Å². The lowest BCUT2D eigenvalue weighted by Crippen LogP contribution is -2.57. The Morgan fingerprint density at radius 2 is 1.72 bits per heavy atom. The quantitative estimate of drug-likeness (QED) is 0.284. The van der Waals surface area contributed by atoms with Crippen LogP contribution in [0.2, 0.25) is 0 Å². The lowest BCUT2D eigenvalue weighted by molar-refractivity contribution is -0.140. The van der Waals surface area contributed by atoms with E-state index in [1.54, 1.807) is 21.6 Å². The van der Waals surface area contributed by atoms with Gasteiger partial charge in [-0.25, -0.2) is 9.78 Å². The number of carbonyl (C=O) groups is 5. The van der Waals surface area contributed by atoms with Gasteiger partial charge in [-0.2, -0.15) is 0 Å². The number of carbonyl (C=O) groups excluding carboxylic acids is 5. The molecule has 0 radical (unpaired) electrons. The van der Waals surface area contributed by atoms with Gasteiger partial charge in [0.05, 0.1) is 18.7 Å². The van der Waals surface area contributed by atoms with Crippen LogP contribution >= 0.6 is 0 Å². The van der Waals surface area contributed by atoms with Gasteiger partial charge in [0.1, 0.15) is 23.5 Å². The molecule has 0 unspecified atom stereocenters. The van der Waals surface area contributed by atoms with Crippen LogP contribution in [-0.4, -0.2) is 127 Å². The minimum atomic E-state index is -0.996. The van der Waals surface area contributed by atoms with Crippen LogP contribution in [0.15, 0.2) is 24.3 Å². The van der Waals surface area contributed by atoms with Crippen molar-refractivity contribution in [2.24, 2.45) is 0 Å². The average molecular weight is 695 g/mol. The fraction of sp³-hybridized carbons (Fsp3) is 0.611. The molecule has 3 heterocycles. The van der Waals surface area contributed by atoms with E-state index < -0.39 is 24.1 Å². The van der Waals surface area contributed by atoms with Crippen LogP contribution in [-0.2, 0) is 23.9 Å². The zero-order chi connectivity index (χ0) is 35.6. The highest BCUT2D eigenvalue weighted by atomic mass is 16.6. The first-order valence-corrected chi connectivity index (χ1v) is 17.9. The number of piperazine rings is 1. The molecule has 2 saturated heterocycles. The van der Waals surface area contributed by atoms with Crippen molar-refractivity contribution in [3.63, 3.8) is 0 Å². The third kappa shape index (κ3) is 9.20. The summed E-state index contributed by atoms with van der Waals surface area (Å²) in [4.78, 5) is 75.3. The summed E-state index contributed by atoms with van der Waals surface area (Å²) in [7, 11) is 0. The average Bonchev–Trinajstić information content (AvgIpc) is 3.60. The Morgan fingerprint density at radius 1 is 0.960 bits per heavy atom. The molecule has 3 aliphatic rings. The van der Waals surface area contributed by atoms with Crippen molar-refractivity contribution in [3.05, 3.63) is 35.5 Å². The van der Waals surface area contributed by atoms with Crippen LogP contribution in [0.4, 0.5) is 4.79 Å². The number of nitrogens with zero attached hydrogens (tertiary/aromatic N) is 4. The second kappa shape index (κ2) is 17.5. The number of unbranched alkanes of at least 4 members (excludes halogenated alkanes) is 1. The fourth-order valence-corrected chi connectivity index (χ4v) is 6.32. The molecule has 0 spiro atoms. The molecule has 14 heteroatoms. The summed E-state index contributed by atoms with van der Waals surface area (Å²) < 4.78 is 16.9. The van der Waals surface area contributed by atoms with E-state index in [9.17, 15) is 24.0 Å². The highest BCUT2D eigenvalue weighted by molar-refractivity contribution is 5.99. The summed E-state index contributed by atoms with van der Waals surface area (Å²) in [6.45, 7) is 7.77. The summed E-state index contributed by atoms with van der Waals surface area (Å²) in [5.41, 5.74) is 1.42. The molecular weight excluding hydrogens is 644 g/mol. The van der Waals surface area contributed by atoms with Gasteiger partial charge >= 0.3 is 6.09 Å². The van der Waals surface area contributed by atoms with Gasteiger partial charge in [0.15, 0.2) is 6.61 Å². The van der Waals surface area contributed by atoms with Gasteiger partial charge in [-0.3, -0.25) is 19.2 Å². The minimum absolute atomic E-state index is 0.0124. The van der Waals surface area contributed by atoms with Gasteiger partial charge in [-0.05, 0) is 70.1 Å². The molecule has 50 heavy (non-hydrogen) atoms. The maximum absolute atomic E-state index is 13.7. The van der Waals surface area contributed by atoms with E-state index in [-0.39, 0.29) is 48.4 Å². The number of aromatic nitrogens is 1. The number of amides is 5. The van der Waals surface area contributed by atoms with E-state index in [1.807, 2.05) is 32.0 Å². The molecule has 1 aromatic carbocycles. The number of aryl methyl sites for hydroxylation is 1. The van der Waals surface area contributed by atoms with Crippen molar-refractivity contribution < 1.29 is 38.2 Å². The minimum Gasteiger partial charge on any atom is -0.483 e. The number of nitrogens with one attached hydrogen (secondary N) is 2. The van der Waals surface area contributed by atoms with Gasteiger partial charge in [0.2, 0.25) is 11.8 Å². The van der Waals surface area contributed by atoms with Gasteiger partial charge in [-0.1, -0.05) is 19.4 Å². The second-order valence-corrected chi connectivity index (χ2v) is 13.2. The Labute approximate surface area is 293 Å². The van der Waals surface area contributed by atoms with Crippen molar-refractivity contribution in [1.82, 2.24) is 30.3 Å². The molecule has 2 aliphatic heterocycles. The molecule has 5 amide bonds. The van der Waals surface area contributed by atoms with E-state index in [4.69, 9.17) is 14.2 Å². The molecule has 3 fully saturated rings. The number of ether oxygens (including phenoxy) is 3. The summed E-state index contributed by atoms with van der Waals surface area (Å²) in [6, 6.07) is 5.67. The zero-order valence-corrected chi connectivity index (χ0v) is 29.4. The van der Waals surface area contributed by atoms with Crippen LogP contribution in [0.5, 0.6) is 5.75 Å². The molecule has 2 aromatic rings. The lowest BCUT2D eigenvalue weighted by atomic mass is 9.93. The summed E-state index contributed by atoms with van der Waals surface area (Å²) >= 11 is 0. The fourth-order valence-electron chi connectivity index (χ4n) is 6.32. The van der Waals surface area contributed by atoms with Crippen LogP contribution < -0.4 is 15.4 Å². The summed E-state index contributed by atoms with van der Waals surface area (Å²) in [5, 5.41) is 6.47. The van der Waals surface area contributed by atoms with Crippen molar-refractivity contribution in [3.8, 4) is 5.75 Å². The first-order chi connectivity index (χ1) is 24.2. The first-order valence-electron chi connectivity index (χ1n) is 17.9. The van der Waals surface area contributed by atoms with E-state index in [0.29, 0.717) is 63.3 Å². The van der Waals surface area contributed by atoms with Gasteiger partial charge in [-0.15, -0.1) is 0 Å².